The van der Waals surface area contributed by atoms with Crippen molar-refractivity contribution in [3.63, 3.8) is 0 Å². The number of fused-ring (bicyclic) bond motifs is 3. The summed E-state index contributed by atoms with van der Waals surface area (Å²) in [6.07, 6.45) is -0.655. The summed E-state index contributed by atoms with van der Waals surface area (Å²) in [5, 5.41) is 68.8. The Labute approximate surface area is 588 Å². The molecule has 3 aliphatic rings. The van der Waals surface area contributed by atoms with Crippen LogP contribution < -0.4 is 43.0 Å². The number of thioether (sulfide) groups is 3. The number of primary amides is 1. The SMILES string of the molecule is CCCCNC(=O)N[C@H]1CSCc2cc(CSCCNC(=O)CN3CCN(CC(=O)O)CCN(CC(=O)O)CCN(CC(=O)O)CC3)cc(c2)CSC[C@@H](C(=O)O)NC(=O)[C@H](Cc2ccccc2)NC(=O)[C@H](CCC(N)=O)NC(=O)[C@H]([C@@H](C)O)NC(=O)[C@@H]2CCCN2C(=O)CN(C)C1=O. The van der Waals surface area contributed by atoms with E-state index in [1.807, 2.05) is 30.0 Å². The number of carboxylic acids is 4. The van der Waals surface area contributed by atoms with Crippen LogP contribution in [0.15, 0.2) is 48.5 Å². The van der Waals surface area contributed by atoms with E-state index in [9.17, 15) is 87.9 Å². The zero-order chi connectivity index (χ0) is 72.6. The second-order valence-electron chi connectivity index (χ2n) is 24.6. The lowest BCUT2D eigenvalue weighted by Crippen LogP contribution is -2.61. The summed E-state index contributed by atoms with van der Waals surface area (Å²) in [5.41, 5.74) is 8.41. The van der Waals surface area contributed by atoms with Crippen LogP contribution in [0.1, 0.15) is 74.6 Å². The number of unbranched alkanes of at least 4 members (excludes halogenated alkanes) is 1. The fourth-order valence-corrected chi connectivity index (χ4v) is 13.9. The maximum atomic E-state index is 14.4. The molecule has 5 rings (SSSR count). The number of aliphatic hydroxyl groups is 1. The molecule has 548 valence electrons. The molecular weight excluding hydrogens is 1350 g/mol. The summed E-state index contributed by atoms with van der Waals surface area (Å²) < 4.78 is 0. The van der Waals surface area contributed by atoms with Crippen LogP contribution in [0.5, 0.6) is 0 Å². The Kier molecular flexibility index (Phi) is 35.6. The molecule has 0 unspecified atom stereocenters. The zero-order valence-electron chi connectivity index (χ0n) is 56.2. The van der Waals surface area contributed by atoms with Crippen LogP contribution in [0.3, 0.4) is 0 Å². The number of rotatable bonds is 24. The van der Waals surface area contributed by atoms with Crippen LogP contribution in [0.2, 0.25) is 0 Å². The molecule has 7 atom stereocenters. The maximum absolute atomic E-state index is 14.4. The van der Waals surface area contributed by atoms with Crippen molar-refractivity contribution in [1.29, 1.82) is 0 Å². The first kappa shape index (κ1) is 81.9. The van der Waals surface area contributed by atoms with Crippen LogP contribution in [0.4, 0.5) is 4.79 Å². The minimum absolute atomic E-state index is 0.0277. The quantitative estimate of drug-likeness (QED) is 0.0497. The molecule has 2 fully saturated rings. The number of hydrogen-bond acceptors (Lipinski definition) is 21. The summed E-state index contributed by atoms with van der Waals surface area (Å²) in [6.45, 7) is 4.12. The Morgan fingerprint density at radius 1 is 0.667 bits per heavy atom. The number of nitrogens with one attached hydrogen (secondary N) is 7. The van der Waals surface area contributed by atoms with Crippen molar-refractivity contribution >= 4 is 112 Å². The Morgan fingerprint density at radius 2 is 1.22 bits per heavy atom. The molecule has 10 amide bonds. The van der Waals surface area contributed by atoms with Crippen molar-refractivity contribution in [1.82, 2.24) is 66.6 Å². The molecule has 2 bridgehead atoms. The minimum Gasteiger partial charge on any atom is -0.480 e. The molecule has 99 heavy (non-hydrogen) atoms. The fraction of sp³-hybridized carbons (Fsp3) is 0.609. The van der Waals surface area contributed by atoms with E-state index in [1.165, 1.54) is 54.2 Å². The molecule has 0 aromatic heterocycles. The van der Waals surface area contributed by atoms with Gasteiger partial charge in [0.05, 0.1) is 38.8 Å². The van der Waals surface area contributed by atoms with E-state index in [0.29, 0.717) is 42.2 Å². The first-order valence-electron chi connectivity index (χ1n) is 32.9. The lowest BCUT2D eigenvalue weighted by molar-refractivity contribution is -0.144. The van der Waals surface area contributed by atoms with Gasteiger partial charge in [-0.15, -0.1) is 0 Å². The average Bonchev–Trinajstić information content (AvgIpc) is 1.80. The van der Waals surface area contributed by atoms with E-state index in [1.54, 1.807) is 45.0 Å². The predicted molar refractivity (Wildman–Crippen MR) is 370 cm³/mol. The van der Waals surface area contributed by atoms with Crippen LogP contribution in [-0.2, 0) is 81.2 Å². The van der Waals surface area contributed by atoms with E-state index < -0.39 is 133 Å². The summed E-state index contributed by atoms with van der Waals surface area (Å²) in [7, 11) is 1.39. The van der Waals surface area contributed by atoms with Gasteiger partial charge in [0.15, 0.2) is 0 Å². The largest absolute Gasteiger partial charge is 0.480 e. The van der Waals surface area contributed by atoms with Gasteiger partial charge >= 0.3 is 29.9 Å². The van der Waals surface area contributed by atoms with Gasteiger partial charge in [-0.25, -0.2) is 9.59 Å². The van der Waals surface area contributed by atoms with Crippen molar-refractivity contribution < 1.29 is 87.9 Å². The van der Waals surface area contributed by atoms with E-state index in [-0.39, 0.29) is 128 Å². The van der Waals surface area contributed by atoms with Gasteiger partial charge in [-0.1, -0.05) is 61.9 Å². The zero-order valence-corrected chi connectivity index (χ0v) is 58.6. The van der Waals surface area contributed by atoms with E-state index in [2.05, 4.69) is 37.2 Å². The first-order valence-corrected chi connectivity index (χ1v) is 36.3. The number of nitrogens with zero attached hydrogens (tertiary/aromatic N) is 6. The van der Waals surface area contributed by atoms with E-state index >= 15 is 0 Å². The molecule has 0 radical (unpaired) electrons. The second kappa shape index (κ2) is 43.0. The van der Waals surface area contributed by atoms with Gasteiger partial charge in [-0.05, 0) is 54.9 Å². The summed E-state index contributed by atoms with van der Waals surface area (Å²) in [6, 6.07) is 5.02. The van der Waals surface area contributed by atoms with Crippen LogP contribution >= 0.6 is 35.3 Å². The molecule has 14 N–H and O–H groups in total. The predicted octanol–water partition coefficient (Wildman–Crippen LogP) is -2.18. The normalized spacial score (nSPS) is 22.3. The van der Waals surface area contributed by atoms with Crippen molar-refractivity contribution in [2.45, 2.75) is 118 Å². The number of amides is 10. The molecule has 2 aromatic carbocycles. The third-order valence-electron chi connectivity index (χ3n) is 16.4. The third kappa shape index (κ3) is 30.3. The lowest BCUT2D eigenvalue weighted by Gasteiger charge is -2.32. The van der Waals surface area contributed by atoms with Gasteiger partial charge in [0, 0.05) is 126 Å². The number of aliphatic carboxylic acids is 4. The Morgan fingerprint density at radius 3 is 1.77 bits per heavy atom. The number of likely N-dealkylation sites (N-methyl/N-ethyl adjacent to an activating group) is 1. The number of carboxylic acid groups (broad SMARTS) is 4. The summed E-state index contributed by atoms with van der Waals surface area (Å²) >= 11 is 4.00. The van der Waals surface area contributed by atoms with Gasteiger partial charge in [0.25, 0.3) is 0 Å². The summed E-state index contributed by atoms with van der Waals surface area (Å²) in [5.74, 6) is -9.60. The first-order chi connectivity index (χ1) is 47.2. The smallest absolute Gasteiger partial charge is 0.327 e. The average molecular weight is 1450 g/mol. The number of carbonyl (C=O) groups is 13. The van der Waals surface area contributed by atoms with Gasteiger partial charge in [0.2, 0.25) is 47.3 Å². The molecule has 0 saturated carbocycles. The topological polar surface area (TPSA) is 453 Å². The molecule has 2 saturated heterocycles. The minimum atomic E-state index is -1.73. The highest BCUT2D eigenvalue weighted by atomic mass is 32.2. The van der Waals surface area contributed by atoms with Crippen LogP contribution in [-0.4, -0.2) is 303 Å². The third-order valence-corrected chi connectivity index (χ3v) is 19.6. The molecule has 35 heteroatoms. The number of aliphatic hydroxyl groups excluding tert-OH is 1. The molecule has 2 aromatic rings. The lowest BCUT2D eigenvalue weighted by atomic mass is 10.0. The Hall–Kier alpha value is -7.80. The van der Waals surface area contributed by atoms with Gasteiger partial charge in [0.1, 0.15) is 36.3 Å². The number of hydrogen-bond donors (Lipinski definition) is 13. The second-order valence-corrected chi connectivity index (χ2v) is 27.7. The Balaban J connectivity index is 1.41. The van der Waals surface area contributed by atoms with E-state index in [4.69, 9.17) is 5.73 Å². The van der Waals surface area contributed by atoms with Gasteiger partial charge < -0.3 is 78.3 Å². The monoisotopic (exact) mass is 1440 g/mol. The highest BCUT2D eigenvalue weighted by molar-refractivity contribution is 7.99. The molecule has 32 nitrogen and oxygen atoms in total. The number of carbonyl (C=O) groups excluding carboxylic acids is 9. The van der Waals surface area contributed by atoms with Gasteiger partial charge in [-0.2, -0.15) is 35.3 Å². The highest BCUT2D eigenvalue weighted by Gasteiger charge is 2.40. The number of urea groups is 1. The van der Waals surface area contributed by atoms with Crippen molar-refractivity contribution in [3.8, 4) is 0 Å². The van der Waals surface area contributed by atoms with Crippen LogP contribution in [0.25, 0.3) is 0 Å². The molecular formula is C64H96N14O18S3. The van der Waals surface area contributed by atoms with Gasteiger partial charge in [-0.3, -0.25) is 72.3 Å². The molecule has 3 aliphatic heterocycles. The van der Waals surface area contributed by atoms with Crippen LogP contribution in [0, 0.1) is 0 Å². The van der Waals surface area contributed by atoms with Crippen molar-refractivity contribution in [3.05, 3.63) is 70.8 Å². The molecule has 0 aliphatic carbocycles. The summed E-state index contributed by atoms with van der Waals surface area (Å²) in [4.78, 5) is 182. The highest BCUT2D eigenvalue weighted by Crippen LogP contribution is 2.25. The number of nitrogens with two attached hydrogens (primary N) is 1. The Bertz CT molecular complexity index is 3060. The number of benzene rings is 2. The molecule has 0 spiro atoms. The fourth-order valence-electron chi connectivity index (χ4n) is 11.2. The van der Waals surface area contributed by atoms with Crippen molar-refractivity contribution in [2.24, 2.45) is 5.73 Å². The van der Waals surface area contributed by atoms with Crippen molar-refractivity contribution in [2.75, 3.05) is 129 Å². The maximum Gasteiger partial charge on any atom is 0.327 e. The molecule has 3 heterocycles. The van der Waals surface area contributed by atoms with E-state index in [0.717, 1.165) is 28.0 Å². The standard InChI is InChI=1S/C64H96N14O18S3/c1-4-5-15-67-64(96)71-48-39-98-37-44-27-43(36-97-26-16-66-52(81)31-74-18-20-75(33-54(83)84)22-24-77(35-56(87)88)25-23-76(21-19-74)34-55(85)86)28-45(29-44)38-99-40-49(63(94)95)70-59(90)47(30-42-10-7-6-8-11-42)69-58(89)46(13-14-51(65)80)68-61(92)57(41(2)79)72-60(91)50-12-9-17-78(50)53(82)32-73(3)62(48)93/h6-8,10-11,27-29,41,46-50,57,79H,4-5,9,12-26,30-40H2,1-3H3,(H2,65,80)(H,66,81)(H,68,92)(H,69,89)(H,70,90)(H,72,91)(H,83,84)(H,85,86)(H,87,88)(H,94,95)(H2,67,71,96)/t41-,46+,47+,48+,49+,50+,57+/m1/s1.